The summed E-state index contributed by atoms with van der Waals surface area (Å²) in [6, 6.07) is 6.17. The largest absolute Gasteiger partial charge is 0.454 e. The molecule has 0 unspecified atom stereocenters. The molecule has 8 nitrogen and oxygen atoms in total. The van der Waals surface area contributed by atoms with Crippen LogP contribution in [0.25, 0.3) is 0 Å². The number of aromatic amines is 1. The van der Waals surface area contributed by atoms with Crippen LogP contribution in [0.3, 0.4) is 0 Å². The molecule has 1 N–H and O–H groups in total. The average molecular weight is 357 g/mol. The predicted octanol–water partition coefficient (Wildman–Crippen LogP) is 1.17. The molecular formula is C18H23N5O3. The fourth-order valence-electron chi connectivity index (χ4n) is 3.57. The van der Waals surface area contributed by atoms with E-state index in [-0.39, 0.29) is 5.91 Å². The number of rotatable bonds is 5. The second-order valence-corrected chi connectivity index (χ2v) is 6.92. The third-order valence-electron chi connectivity index (χ3n) is 4.87. The lowest BCUT2D eigenvalue weighted by Gasteiger charge is -2.35. The molecule has 0 saturated carbocycles. The zero-order valence-electron chi connectivity index (χ0n) is 14.9. The van der Waals surface area contributed by atoms with Gasteiger partial charge in [-0.25, -0.2) is 4.98 Å². The number of carbonyl (C=O) groups is 1. The van der Waals surface area contributed by atoms with Gasteiger partial charge in [0.15, 0.2) is 11.5 Å². The Balaban J connectivity index is 1.25. The predicted molar refractivity (Wildman–Crippen MR) is 94.2 cm³/mol. The van der Waals surface area contributed by atoms with Crippen molar-refractivity contribution < 1.29 is 14.3 Å². The van der Waals surface area contributed by atoms with Gasteiger partial charge in [-0.15, -0.1) is 0 Å². The van der Waals surface area contributed by atoms with Crippen LogP contribution < -0.4 is 9.47 Å². The summed E-state index contributed by atoms with van der Waals surface area (Å²) >= 11 is 0. The molecule has 2 aromatic rings. The van der Waals surface area contributed by atoms with Crippen LogP contribution in [0.5, 0.6) is 11.5 Å². The van der Waals surface area contributed by atoms with Crippen LogP contribution in [0.1, 0.15) is 23.1 Å². The zero-order valence-corrected chi connectivity index (χ0v) is 14.9. The molecule has 0 aliphatic carbocycles. The van der Waals surface area contributed by atoms with Gasteiger partial charge in [-0.05, 0) is 30.0 Å². The number of ether oxygens (including phenoxy) is 2. The molecule has 1 fully saturated rings. The van der Waals surface area contributed by atoms with Gasteiger partial charge in [-0.2, -0.15) is 5.10 Å². The van der Waals surface area contributed by atoms with Crippen LogP contribution in [0.15, 0.2) is 24.5 Å². The number of amides is 1. The molecule has 2 aliphatic heterocycles. The van der Waals surface area contributed by atoms with Crippen molar-refractivity contribution in [2.75, 3.05) is 39.5 Å². The van der Waals surface area contributed by atoms with Crippen molar-refractivity contribution in [2.45, 2.75) is 13.3 Å². The number of benzene rings is 1. The minimum absolute atomic E-state index is 0.0736. The molecule has 4 rings (SSSR count). The molecule has 1 aromatic heterocycles. The van der Waals surface area contributed by atoms with E-state index in [4.69, 9.17) is 9.47 Å². The molecular weight excluding hydrogens is 334 g/mol. The van der Waals surface area contributed by atoms with Crippen molar-refractivity contribution in [1.29, 1.82) is 0 Å². The number of hydrogen-bond acceptors (Lipinski definition) is 6. The van der Waals surface area contributed by atoms with Crippen molar-refractivity contribution in [3.8, 4) is 11.5 Å². The highest BCUT2D eigenvalue weighted by Crippen LogP contribution is 2.33. The first-order valence-corrected chi connectivity index (χ1v) is 8.94. The number of carbonyl (C=O) groups excluding carboxylic acids is 1. The van der Waals surface area contributed by atoms with Gasteiger partial charge >= 0.3 is 0 Å². The molecule has 26 heavy (non-hydrogen) atoms. The van der Waals surface area contributed by atoms with E-state index in [1.807, 2.05) is 11.0 Å². The van der Waals surface area contributed by atoms with Crippen molar-refractivity contribution in [1.82, 2.24) is 25.0 Å². The molecule has 2 aliphatic rings. The van der Waals surface area contributed by atoms with Gasteiger partial charge in [0.05, 0.1) is 0 Å². The van der Waals surface area contributed by atoms with Crippen LogP contribution >= 0.6 is 0 Å². The van der Waals surface area contributed by atoms with E-state index in [0.29, 0.717) is 18.5 Å². The quantitative estimate of drug-likeness (QED) is 0.865. The van der Waals surface area contributed by atoms with Gasteiger partial charge in [0.2, 0.25) is 12.6 Å². The molecule has 138 valence electrons. The SMILES string of the molecule is C[C@H](Cc1ccc2c(c1)OCO2)CN1CCN(C(=O)c2ncn[nH]2)CC1. The molecule has 0 spiro atoms. The second-order valence-electron chi connectivity index (χ2n) is 6.92. The zero-order chi connectivity index (χ0) is 17.9. The van der Waals surface area contributed by atoms with Crippen molar-refractivity contribution in [3.63, 3.8) is 0 Å². The lowest BCUT2D eigenvalue weighted by molar-refractivity contribution is 0.0609. The van der Waals surface area contributed by atoms with Crippen LogP contribution in [0, 0.1) is 5.92 Å². The van der Waals surface area contributed by atoms with Crippen LogP contribution in [0.2, 0.25) is 0 Å². The summed E-state index contributed by atoms with van der Waals surface area (Å²) in [5, 5.41) is 6.38. The summed E-state index contributed by atoms with van der Waals surface area (Å²) in [6.07, 6.45) is 2.36. The third-order valence-corrected chi connectivity index (χ3v) is 4.87. The van der Waals surface area contributed by atoms with Gasteiger partial charge in [-0.1, -0.05) is 13.0 Å². The lowest BCUT2D eigenvalue weighted by atomic mass is 10.00. The minimum atomic E-state index is -0.0736. The van der Waals surface area contributed by atoms with Gasteiger partial charge in [0, 0.05) is 32.7 Å². The topological polar surface area (TPSA) is 83.6 Å². The first-order valence-electron chi connectivity index (χ1n) is 8.94. The number of piperazine rings is 1. The summed E-state index contributed by atoms with van der Waals surface area (Å²) in [5.41, 5.74) is 1.26. The number of aromatic nitrogens is 3. The fourth-order valence-corrected chi connectivity index (χ4v) is 3.57. The van der Waals surface area contributed by atoms with Crippen molar-refractivity contribution in [2.24, 2.45) is 5.92 Å². The smallest absolute Gasteiger partial charge is 0.291 e. The van der Waals surface area contributed by atoms with Crippen LogP contribution in [0.4, 0.5) is 0 Å². The number of nitrogens with one attached hydrogen (secondary N) is 1. The summed E-state index contributed by atoms with van der Waals surface area (Å²) in [5.74, 6) is 2.43. The minimum Gasteiger partial charge on any atom is -0.454 e. The summed E-state index contributed by atoms with van der Waals surface area (Å²) < 4.78 is 10.8. The monoisotopic (exact) mass is 357 g/mol. The highest BCUT2D eigenvalue weighted by atomic mass is 16.7. The van der Waals surface area contributed by atoms with Crippen LogP contribution in [-0.4, -0.2) is 70.4 Å². The van der Waals surface area contributed by atoms with Gasteiger partial charge < -0.3 is 14.4 Å². The number of nitrogens with zero attached hydrogens (tertiary/aromatic N) is 4. The Morgan fingerprint density at radius 2 is 2.04 bits per heavy atom. The summed E-state index contributed by atoms with van der Waals surface area (Å²) in [6.45, 7) is 6.78. The van der Waals surface area contributed by atoms with E-state index in [1.165, 1.54) is 11.9 Å². The van der Waals surface area contributed by atoms with E-state index < -0.39 is 0 Å². The van der Waals surface area contributed by atoms with Gasteiger partial charge in [0.25, 0.3) is 5.91 Å². The first-order chi connectivity index (χ1) is 12.7. The average Bonchev–Trinajstić information content (AvgIpc) is 3.33. The lowest BCUT2D eigenvalue weighted by Crippen LogP contribution is -2.49. The van der Waals surface area contributed by atoms with E-state index in [9.17, 15) is 4.79 Å². The summed E-state index contributed by atoms with van der Waals surface area (Å²) in [7, 11) is 0. The van der Waals surface area contributed by atoms with Gasteiger partial charge in [0.1, 0.15) is 6.33 Å². The molecule has 0 radical (unpaired) electrons. The Bertz CT molecular complexity index is 756. The molecule has 8 heteroatoms. The first kappa shape index (κ1) is 16.8. The fraction of sp³-hybridized carbons (Fsp3) is 0.500. The molecule has 1 aromatic carbocycles. The van der Waals surface area contributed by atoms with E-state index in [2.05, 4.69) is 39.1 Å². The number of fused-ring (bicyclic) bond motifs is 1. The molecule has 1 amide bonds. The maximum Gasteiger partial charge on any atom is 0.291 e. The van der Waals surface area contributed by atoms with Crippen molar-refractivity contribution >= 4 is 5.91 Å². The normalized spacial score (nSPS) is 18.1. The Hall–Kier alpha value is -2.61. The summed E-state index contributed by atoms with van der Waals surface area (Å²) in [4.78, 5) is 20.5. The second kappa shape index (κ2) is 7.33. The maximum atomic E-state index is 12.3. The standard InChI is InChI=1S/C18H23N5O3/c1-13(8-14-2-3-15-16(9-14)26-12-25-15)10-22-4-6-23(7-5-22)18(24)17-19-11-20-21-17/h2-3,9,11,13H,4-8,10,12H2,1H3,(H,19,20,21)/t13-/m1/s1. The Labute approximate surface area is 152 Å². The van der Waals surface area contributed by atoms with Crippen molar-refractivity contribution in [3.05, 3.63) is 35.9 Å². The highest BCUT2D eigenvalue weighted by molar-refractivity contribution is 5.90. The Morgan fingerprint density at radius 1 is 1.23 bits per heavy atom. The molecule has 3 heterocycles. The third kappa shape index (κ3) is 3.65. The Morgan fingerprint density at radius 3 is 2.81 bits per heavy atom. The highest BCUT2D eigenvalue weighted by Gasteiger charge is 2.24. The van der Waals surface area contributed by atoms with E-state index in [1.54, 1.807) is 0 Å². The number of hydrogen-bond donors (Lipinski definition) is 1. The van der Waals surface area contributed by atoms with E-state index in [0.717, 1.165) is 50.6 Å². The Kier molecular flexibility index (Phi) is 4.75. The molecule has 1 atom stereocenters. The number of H-pyrrole nitrogens is 1. The van der Waals surface area contributed by atoms with Gasteiger partial charge in [-0.3, -0.25) is 14.8 Å². The maximum absolute atomic E-state index is 12.3. The molecule has 0 bridgehead atoms. The van der Waals surface area contributed by atoms with Crippen LogP contribution in [-0.2, 0) is 6.42 Å². The molecule has 1 saturated heterocycles. The van der Waals surface area contributed by atoms with E-state index >= 15 is 0 Å².